The van der Waals surface area contributed by atoms with E-state index in [1.807, 2.05) is 54.6 Å². The highest BCUT2D eigenvalue weighted by Crippen LogP contribution is 2.25. The first kappa shape index (κ1) is 21.4. The third-order valence-corrected chi connectivity index (χ3v) is 6.68. The number of aromatic nitrogens is 4. The third-order valence-electron chi connectivity index (χ3n) is 5.50. The molecule has 0 saturated heterocycles. The lowest BCUT2D eigenvalue weighted by molar-refractivity contribution is 0.102. The molecular formula is C25H19ClN4O2S. The minimum atomic E-state index is -0.159. The molecular weight excluding hydrogens is 456 g/mol. The summed E-state index contributed by atoms with van der Waals surface area (Å²) in [5, 5.41) is 10.4. The van der Waals surface area contributed by atoms with Crippen LogP contribution in [-0.4, -0.2) is 30.7 Å². The second kappa shape index (κ2) is 8.50. The van der Waals surface area contributed by atoms with Crippen molar-refractivity contribution < 1.29 is 4.79 Å². The molecule has 6 nitrogen and oxygen atoms in total. The number of rotatable bonds is 5. The highest BCUT2D eigenvalue weighted by Gasteiger charge is 2.19. The number of halogens is 1. The number of benzene rings is 3. The summed E-state index contributed by atoms with van der Waals surface area (Å²) < 4.78 is 3.45. The molecule has 0 N–H and O–H groups in total. The number of para-hydroxylation sites is 1. The number of carbonyl (C=O) groups excluding carboxylic acids is 1. The van der Waals surface area contributed by atoms with Crippen molar-refractivity contribution >= 4 is 45.8 Å². The summed E-state index contributed by atoms with van der Waals surface area (Å²) >= 11 is 7.22. The number of hydrogen-bond donors (Lipinski definition) is 0. The zero-order chi connectivity index (χ0) is 23.1. The Kier molecular flexibility index (Phi) is 5.52. The van der Waals surface area contributed by atoms with Crippen LogP contribution in [-0.2, 0) is 0 Å². The first-order valence-corrected chi connectivity index (χ1v) is 11.7. The van der Waals surface area contributed by atoms with Crippen LogP contribution in [0.3, 0.4) is 0 Å². The Bertz CT molecular complexity index is 1590. The van der Waals surface area contributed by atoms with Crippen molar-refractivity contribution in [3.8, 4) is 5.69 Å². The van der Waals surface area contributed by atoms with Crippen molar-refractivity contribution in [1.82, 2.24) is 19.2 Å². The Hall–Kier alpha value is -3.42. The topological polar surface area (TPSA) is 69.3 Å². The molecule has 0 aliphatic rings. The molecule has 33 heavy (non-hydrogen) atoms. The Labute approximate surface area is 198 Å². The summed E-state index contributed by atoms with van der Waals surface area (Å²) in [6, 6.07) is 20.1. The highest BCUT2D eigenvalue weighted by molar-refractivity contribution is 7.99. The van der Waals surface area contributed by atoms with Gasteiger partial charge >= 0.3 is 0 Å². The Balaban J connectivity index is 1.66. The molecule has 2 aromatic heterocycles. The normalized spacial score (nSPS) is 11.4. The fourth-order valence-electron chi connectivity index (χ4n) is 3.80. The van der Waals surface area contributed by atoms with Crippen molar-refractivity contribution in [1.29, 1.82) is 0 Å². The summed E-state index contributed by atoms with van der Waals surface area (Å²) in [6.07, 6.45) is 0. The van der Waals surface area contributed by atoms with E-state index < -0.39 is 0 Å². The minimum absolute atomic E-state index is 0.0411. The number of Topliss-reactive ketones (excluding diaryl/α,β-unsaturated/α-hetero) is 1. The van der Waals surface area contributed by atoms with Gasteiger partial charge in [-0.05, 0) is 67.4 Å². The number of carbonyl (C=O) groups is 1. The van der Waals surface area contributed by atoms with Gasteiger partial charge in [-0.2, -0.15) is 0 Å². The van der Waals surface area contributed by atoms with E-state index in [2.05, 4.69) is 10.2 Å². The molecule has 0 radical (unpaired) electrons. The first-order valence-electron chi connectivity index (χ1n) is 10.3. The van der Waals surface area contributed by atoms with E-state index >= 15 is 0 Å². The van der Waals surface area contributed by atoms with Gasteiger partial charge < -0.3 is 0 Å². The van der Waals surface area contributed by atoms with Crippen molar-refractivity contribution in [3.63, 3.8) is 0 Å². The van der Waals surface area contributed by atoms with Crippen LogP contribution < -0.4 is 5.56 Å². The number of ketones is 1. The van der Waals surface area contributed by atoms with E-state index in [0.717, 1.165) is 16.8 Å². The van der Waals surface area contributed by atoms with Gasteiger partial charge in [0, 0.05) is 10.6 Å². The predicted octanol–water partition coefficient (Wildman–Crippen LogP) is 5.28. The standard InChI is InChI=1S/C25H19ClN4O2S/c1-15-7-8-16(2)21(13-15)29-23(32)19-5-3-4-6-20(19)30-24(29)27-28-25(30)33-14-22(31)17-9-11-18(26)12-10-17/h3-13H,14H2,1-2H3. The fourth-order valence-corrected chi connectivity index (χ4v) is 4.76. The van der Waals surface area contributed by atoms with Crippen molar-refractivity contribution in [2.45, 2.75) is 19.0 Å². The van der Waals surface area contributed by atoms with Crippen LogP contribution in [0.4, 0.5) is 0 Å². The van der Waals surface area contributed by atoms with Gasteiger partial charge in [-0.25, -0.2) is 4.57 Å². The van der Waals surface area contributed by atoms with Gasteiger partial charge in [-0.15, -0.1) is 10.2 Å². The maximum Gasteiger partial charge on any atom is 0.267 e. The average molecular weight is 475 g/mol. The molecule has 0 spiro atoms. The quantitative estimate of drug-likeness (QED) is 0.256. The van der Waals surface area contributed by atoms with Crippen LogP contribution in [0, 0.1) is 13.8 Å². The van der Waals surface area contributed by atoms with Gasteiger partial charge in [0.15, 0.2) is 10.9 Å². The van der Waals surface area contributed by atoms with E-state index in [1.54, 1.807) is 34.9 Å². The molecule has 0 saturated carbocycles. The van der Waals surface area contributed by atoms with Crippen LogP contribution in [0.2, 0.25) is 5.02 Å². The number of nitrogens with zero attached hydrogens (tertiary/aromatic N) is 4. The second-order valence-corrected chi connectivity index (χ2v) is 9.16. The van der Waals surface area contributed by atoms with Crippen LogP contribution in [0.1, 0.15) is 21.5 Å². The summed E-state index contributed by atoms with van der Waals surface area (Å²) in [5.74, 6) is 0.550. The largest absolute Gasteiger partial charge is 0.293 e. The Morgan fingerprint density at radius 3 is 2.55 bits per heavy atom. The lowest BCUT2D eigenvalue weighted by Crippen LogP contribution is -2.22. The van der Waals surface area contributed by atoms with Crippen LogP contribution in [0.15, 0.2) is 76.7 Å². The molecule has 0 bridgehead atoms. The SMILES string of the molecule is Cc1ccc(C)c(-n2c(=O)c3ccccc3n3c(SCC(=O)c4ccc(Cl)cc4)nnc23)c1. The number of aryl methyl sites for hydroxylation is 2. The molecule has 3 aromatic carbocycles. The van der Waals surface area contributed by atoms with E-state index in [1.165, 1.54) is 11.8 Å². The Morgan fingerprint density at radius 2 is 1.76 bits per heavy atom. The van der Waals surface area contributed by atoms with Crippen molar-refractivity contribution in [3.05, 3.63) is 98.8 Å². The fraction of sp³-hybridized carbons (Fsp3) is 0.120. The summed E-state index contributed by atoms with van der Waals surface area (Å²) in [6.45, 7) is 3.95. The monoisotopic (exact) mass is 474 g/mol. The van der Waals surface area contributed by atoms with E-state index in [-0.39, 0.29) is 17.1 Å². The smallest absolute Gasteiger partial charge is 0.267 e. The van der Waals surface area contributed by atoms with Crippen molar-refractivity contribution in [2.75, 3.05) is 5.75 Å². The molecule has 2 heterocycles. The number of fused-ring (bicyclic) bond motifs is 3. The summed E-state index contributed by atoms with van der Waals surface area (Å²) in [7, 11) is 0. The maximum atomic E-state index is 13.5. The number of thioether (sulfide) groups is 1. The molecule has 0 fully saturated rings. The summed E-state index contributed by atoms with van der Waals surface area (Å²) in [5.41, 5.74) is 3.87. The maximum absolute atomic E-state index is 13.5. The van der Waals surface area contributed by atoms with Crippen LogP contribution >= 0.6 is 23.4 Å². The molecule has 0 amide bonds. The van der Waals surface area contributed by atoms with Crippen LogP contribution in [0.25, 0.3) is 22.4 Å². The summed E-state index contributed by atoms with van der Waals surface area (Å²) in [4.78, 5) is 26.2. The molecule has 5 aromatic rings. The molecule has 164 valence electrons. The molecule has 0 aliphatic heterocycles. The van der Waals surface area contributed by atoms with Crippen LogP contribution in [0.5, 0.6) is 0 Å². The van der Waals surface area contributed by atoms with Gasteiger partial charge in [0.2, 0.25) is 5.78 Å². The van der Waals surface area contributed by atoms with Gasteiger partial charge in [0.05, 0.1) is 22.3 Å². The van der Waals surface area contributed by atoms with Gasteiger partial charge in [0.25, 0.3) is 5.56 Å². The van der Waals surface area contributed by atoms with Gasteiger partial charge in [0.1, 0.15) is 0 Å². The molecule has 0 atom stereocenters. The average Bonchev–Trinajstić information content (AvgIpc) is 3.24. The zero-order valence-corrected chi connectivity index (χ0v) is 19.5. The van der Waals surface area contributed by atoms with Gasteiger partial charge in [-0.1, -0.05) is 47.6 Å². The Morgan fingerprint density at radius 1 is 1.00 bits per heavy atom. The lowest BCUT2D eigenvalue weighted by Gasteiger charge is -2.14. The van der Waals surface area contributed by atoms with Gasteiger partial charge in [-0.3, -0.25) is 14.0 Å². The van der Waals surface area contributed by atoms with E-state index in [9.17, 15) is 9.59 Å². The molecule has 0 unspecified atom stereocenters. The lowest BCUT2D eigenvalue weighted by atomic mass is 10.1. The molecule has 8 heteroatoms. The highest BCUT2D eigenvalue weighted by atomic mass is 35.5. The van der Waals surface area contributed by atoms with E-state index in [4.69, 9.17) is 11.6 Å². The predicted molar refractivity (Wildman–Crippen MR) is 132 cm³/mol. The second-order valence-electron chi connectivity index (χ2n) is 7.78. The first-order chi connectivity index (χ1) is 15.9. The zero-order valence-electron chi connectivity index (χ0n) is 17.9. The van der Waals surface area contributed by atoms with E-state index in [0.29, 0.717) is 32.4 Å². The van der Waals surface area contributed by atoms with Crippen molar-refractivity contribution in [2.24, 2.45) is 0 Å². The third kappa shape index (κ3) is 3.83. The minimum Gasteiger partial charge on any atom is -0.293 e. The molecule has 5 rings (SSSR count). The number of hydrogen-bond acceptors (Lipinski definition) is 5. The molecule has 0 aliphatic carbocycles.